The minimum Gasteiger partial charge on any atom is -0.495 e. The van der Waals surface area contributed by atoms with Gasteiger partial charge in [0, 0.05) is 5.56 Å². The van der Waals surface area contributed by atoms with E-state index >= 15 is 0 Å². The van der Waals surface area contributed by atoms with Crippen molar-refractivity contribution < 1.29 is 19.1 Å². The van der Waals surface area contributed by atoms with E-state index in [1.54, 1.807) is 6.07 Å². The molecule has 0 heterocycles. The highest BCUT2D eigenvalue weighted by Gasteiger charge is 2.14. The summed E-state index contributed by atoms with van der Waals surface area (Å²) in [4.78, 5) is 23.9. The van der Waals surface area contributed by atoms with Crippen molar-refractivity contribution in [3.8, 4) is 5.75 Å². The number of benzene rings is 2. The van der Waals surface area contributed by atoms with Gasteiger partial charge in [-0.05, 0) is 36.4 Å². The molecule has 5 nitrogen and oxygen atoms in total. The number of hydrogen-bond acceptors (Lipinski definition) is 5. The normalized spacial score (nSPS) is 10.2. The van der Waals surface area contributed by atoms with Crippen molar-refractivity contribution in [2.24, 2.45) is 0 Å². The first kappa shape index (κ1) is 17.1. The highest BCUT2D eigenvalue weighted by molar-refractivity contribution is 6.42. The summed E-state index contributed by atoms with van der Waals surface area (Å²) in [5.41, 5.74) is 6.56. The van der Waals surface area contributed by atoms with E-state index in [0.29, 0.717) is 22.0 Å². The van der Waals surface area contributed by atoms with Crippen molar-refractivity contribution in [1.29, 1.82) is 0 Å². The number of nitrogen functional groups attached to an aromatic ring is 1. The molecule has 0 bridgehead atoms. The third kappa shape index (κ3) is 4.15. The quantitative estimate of drug-likeness (QED) is 0.504. The monoisotopic (exact) mass is 353 g/mol. The number of halogens is 2. The number of esters is 1. The maximum Gasteiger partial charge on any atom is 0.338 e. The van der Waals surface area contributed by atoms with Gasteiger partial charge in [-0.25, -0.2) is 4.79 Å². The van der Waals surface area contributed by atoms with Crippen LogP contribution in [0.1, 0.15) is 20.7 Å². The number of Topliss-reactive ketones (excluding diaryl/α,β-unsaturated/α-hetero) is 1. The van der Waals surface area contributed by atoms with Gasteiger partial charge in [0.1, 0.15) is 5.75 Å². The maximum atomic E-state index is 12.0. The Morgan fingerprint density at radius 3 is 2.35 bits per heavy atom. The molecule has 0 aliphatic heterocycles. The number of nitrogens with two attached hydrogens (primary N) is 1. The van der Waals surface area contributed by atoms with Gasteiger partial charge in [0.2, 0.25) is 0 Å². The first-order valence-electron chi connectivity index (χ1n) is 6.51. The van der Waals surface area contributed by atoms with Crippen LogP contribution in [0.2, 0.25) is 10.0 Å². The van der Waals surface area contributed by atoms with Gasteiger partial charge in [0.25, 0.3) is 0 Å². The van der Waals surface area contributed by atoms with Crippen LogP contribution in [0.4, 0.5) is 5.69 Å². The summed E-state index contributed by atoms with van der Waals surface area (Å²) in [6.45, 7) is -0.414. The molecule has 23 heavy (non-hydrogen) atoms. The Hall–Kier alpha value is -2.24. The molecule has 0 atom stereocenters. The van der Waals surface area contributed by atoms with Gasteiger partial charge in [-0.2, -0.15) is 0 Å². The number of rotatable bonds is 5. The average molecular weight is 354 g/mol. The molecule has 2 aromatic rings. The van der Waals surface area contributed by atoms with Gasteiger partial charge in [-0.3, -0.25) is 4.79 Å². The molecule has 2 aromatic carbocycles. The van der Waals surface area contributed by atoms with Gasteiger partial charge >= 0.3 is 5.97 Å². The van der Waals surface area contributed by atoms with Crippen LogP contribution in [-0.2, 0) is 4.74 Å². The molecule has 2 rings (SSSR count). The van der Waals surface area contributed by atoms with Crippen LogP contribution < -0.4 is 10.5 Å². The number of anilines is 1. The fourth-order valence-corrected chi connectivity index (χ4v) is 2.13. The summed E-state index contributed by atoms with van der Waals surface area (Å²) in [5, 5.41) is 0.598. The second-order valence-corrected chi connectivity index (χ2v) is 5.40. The molecule has 0 fully saturated rings. The van der Waals surface area contributed by atoms with E-state index < -0.39 is 18.4 Å². The number of carbonyl (C=O) groups is 2. The average Bonchev–Trinajstić information content (AvgIpc) is 2.54. The molecule has 120 valence electrons. The third-order valence-corrected chi connectivity index (χ3v) is 3.78. The van der Waals surface area contributed by atoms with Crippen LogP contribution in [0.3, 0.4) is 0 Å². The molecule has 0 spiro atoms. The molecule has 7 heteroatoms. The van der Waals surface area contributed by atoms with Gasteiger partial charge in [0.15, 0.2) is 12.4 Å². The lowest BCUT2D eigenvalue weighted by atomic mass is 10.1. The van der Waals surface area contributed by atoms with Crippen LogP contribution in [0.15, 0.2) is 36.4 Å². The van der Waals surface area contributed by atoms with Gasteiger partial charge < -0.3 is 15.2 Å². The predicted molar refractivity (Wildman–Crippen MR) is 88.5 cm³/mol. The summed E-state index contributed by atoms with van der Waals surface area (Å²) in [6.07, 6.45) is 0. The summed E-state index contributed by atoms with van der Waals surface area (Å²) in [5.74, 6) is -0.598. The molecule has 0 aliphatic rings. The first-order chi connectivity index (χ1) is 10.9. The minimum atomic E-state index is -0.659. The summed E-state index contributed by atoms with van der Waals surface area (Å²) in [6, 6.07) is 8.91. The van der Waals surface area contributed by atoms with E-state index in [1.807, 2.05) is 0 Å². The molecular weight excluding hydrogens is 341 g/mol. The van der Waals surface area contributed by atoms with Crippen molar-refractivity contribution in [1.82, 2.24) is 0 Å². The Morgan fingerprint density at radius 2 is 1.74 bits per heavy atom. The molecule has 0 amide bonds. The Morgan fingerprint density at radius 1 is 1.04 bits per heavy atom. The number of ketones is 1. The fourth-order valence-electron chi connectivity index (χ4n) is 1.83. The highest BCUT2D eigenvalue weighted by atomic mass is 35.5. The highest BCUT2D eigenvalue weighted by Crippen LogP contribution is 2.24. The van der Waals surface area contributed by atoms with E-state index in [-0.39, 0.29) is 10.6 Å². The van der Waals surface area contributed by atoms with Gasteiger partial charge in [0.05, 0.1) is 28.4 Å². The number of carbonyl (C=O) groups excluding carboxylic acids is 2. The van der Waals surface area contributed by atoms with Crippen molar-refractivity contribution in [3.63, 3.8) is 0 Å². The summed E-state index contributed by atoms with van der Waals surface area (Å²) >= 11 is 11.6. The van der Waals surface area contributed by atoms with Crippen LogP contribution in [0.5, 0.6) is 5.75 Å². The fraction of sp³-hybridized carbons (Fsp3) is 0.125. The largest absolute Gasteiger partial charge is 0.495 e. The van der Waals surface area contributed by atoms with E-state index in [2.05, 4.69) is 0 Å². The predicted octanol–water partition coefficient (Wildman–Crippen LogP) is 3.62. The van der Waals surface area contributed by atoms with Crippen LogP contribution >= 0.6 is 23.2 Å². The van der Waals surface area contributed by atoms with E-state index in [4.69, 9.17) is 38.4 Å². The summed E-state index contributed by atoms with van der Waals surface area (Å²) in [7, 11) is 1.47. The minimum absolute atomic E-state index is 0.227. The first-order valence-corrected chi connectivity index (χ1v) is 7.27. The Labute approximate surface area is 142 Å². The Kier molecular flexibility index (Phi) is 5.47. The summed E-state index contributed by atoms with van der Waals surface area (Å²) < 4.78 is 9.98. The van der Waals surface area contributed by atoms with Crippen molar-refractivity contribution >= 4 is 40.6 Å². The zero-order chi connectivity index (χ0) is 17.0. The van der Waals surface area contributed by atoms with Crippen LogP contribution in [0, 0.1) is 0 Å². The maximum absolute atomic E-state index is 12.0. The molecular formula is C16H13Cl2NO4. The number of hydrogen-bond donors (Lipinski definition) is 1. The molecule has 0 saturated heterocycles. The Balaban J connectivity index is 2.02. The molecule has 0 saturated carbocycles. The molecule has 0 unspecified atom stereocenters. The smallest absolute Gasteiger partial charge is 0.338 e. The topological polar surface area (TPSA) is 78.6 Å². The van der Waals surface area contributed by atoms with E-state index in [0.717, 1.165) is 0 Å². The molecule has 0 aliphatic carbocycles. The van der Waals surface area contributed by atoms with Crippen molar-refractivity contribution in [3.05, 3.63) is 57.6 Å². The number of ether oxygens (including phenoxy) is 2. The lowest BCUT2D eigenvalue weighted by molar-refractivity contribution is 0.0475. The second kappa shape index (κ2) is 7.35. The zero-order valence-corrected chi connectivity index (χ0v) is 13.6. The van der Waals surface area contributed by atoms with E-state index in [9.17, 15) is 9.59 Å². The van der Waals surface area contributed by atoms with Crippen LogP contribution in [0.25, 0.3) is 0 Å². The van der Waals surface area contributed by atoms with Gasteiger partial charge in [-0.1, -0.05) is 23.2 Å². The second-order valence-electron chi connectivity index (χ2n) is 4.58. The molecule has 2 N–H and O–H groups in total. The zero-order valence-electron chi connectivity index (χ0n) is 12.1. The van der Waals surface area contributed by atoms with Crippen molar-refractivity contribution in [2.45, 2.75) is 0 Å². The lowest BCUT2D eigenvalue weighted by Gasteiger charge is -2.08. The SMILES string of the molecule is COc1ccc(C(=O)OCC(=O)c2ccc(Cl)c(Cl)c2)cc1N. The third-order valence-electron chi connectivity index (χ3n) is 3.04. The van der Waals surface area contributed by atoms with Crippen LogP contribution in [-0.4, -0.2) is 25.5 Å². The number of methoxy groups -OCH3 is 1. The van der Waals surface area contributed by atoms with Crippen molar-refractivity contribution in [2.75, 3.05) is 19.5 Å². The Bertz CT molecular complexity index is 762. The standard InChI is InChI=1S/C16H13Cl2NO4/c1-22-15-5-3-10(7-13(15)19)16(21)23-8-14(20)9-2-4-11(17)12(18)6-9/h2-7H,8,19H2,1H3. The molecule has 0 radical (unpaired) electrons. The lowest BCUT2D eigenvalue weighted by Crippen LogP contribution is -2.14. The van der Waals surface area contributed by atoms with Gasteiger partial charge in [-0.15, -0.1) is 0 Å². The van der Waals surface area contributed by atoms with E-state index in [1.165, 1.54) is 37.4 Å². The molecule has 0 aromatic heterocycles.